The van der Waals surface area contributed by atoms with Gasteiger partial charge in [0, 0.05) is 13.1 Å². The molecule has 0 N–H and O–H groups in total. The molecule has 3 rings (SSSR count). The minimum Gasteiger partial charge on any atom is -0.371 e. The summed E-state index contributed by atoms with van der Waals surface area (Å²) < 4.78 is 45.9. The van der Waals surface area contributed by atoms with Crippen LogP contribution in [0.1, 0.15) is 17.2 Å². The van der Waals surface area contributed by atoms with Crippen LogP contribution in [0.15, 0.2) is 47.4 Å². The molecule has 2 aromatic carbocycles. The van der Waals surface area contributed by atoms with Crippen molar-refractivity contribution in [2.24, 2.45) is 0 Å². The molecule has 24 heavy (non-hydrogen) atoms. The smallest absolute Gasteiger partial charge is 0.243 e. The minimum atomic E-state index is -3.75. The second kappa shape index (κ2) is 6.80. The average molecular weight is 370 g/mol. The molecule has 1 aliphatic rings. The van der Waals surface area contributed by atoms with Crippen LogP contribution in [-0.4, -0.2) is 32.4 Å². The molecule has 4 nitrogen and oxygen atoms in total. The first-order valence-corrected chi connectivity index (χ1v) is 9.33. The van der Waals surface area contributed by atoms with E-state index in [1.54, 1.807) is 0 Å². The van der Waals surface area contributed by atoms with Gasteiger partial charge in [0.1, 0.15) is 5.82 Å². The fourth-order valence-electron chi connectivity index (χ4n) is 2.61. The first kappa shape index (κ1) is 17.4. The molecule has 0 aliphatic carbocycles. The standard InChI is InChI=1S/C17H17ClFNO3S/c1-12-2-4-13(5-3-12)17-11-20(8-9-23-17)24(21,22)14-6-7-16(19)15(18)10-14/h2-7,10,17H,8-9,11H2,1H3. The molecule has 128 valence electrons. The molecule has 0 spiro atoms. The van der Waals surface area contributed by atoms with Crippen molar-refractivity contribution in [3.8, 4) is 0 Å². The molecule has 0 radical (unpaired) electrons. The summed E-state index contributed by atoms with van der Waals surface area (Å²) in [6.07, 6.45) is -0.329. The number of benzene rings is 2. The minimum absolute atomic E-state index is 0.0153. The van der Waals surface area contributed by atoms with Gasteiger partial charge in [-0.3, -0.25) is 0 Å². The Morgan fingerprint density at radius 2 is 1.92 bits per heavy atom. The molecule has 0 amide bonds. The van der Waals surface area contributed by atoms with Crippen molar-refractivity contribution in [1.29, 1.82) is 0 Å². The van der Waals surface area contributed by atoms with E-state index in [9.17, 15) is 12.8 Å². The third kappa shape index (κ3) is 3.47. The Balaban J connectivity index is 1.85. The summed E-state index contributed by atoms with van der Waals surface area (Å²) >= 11 is 5.72. The van der Waals surface area contributed by atoms with Gasteiger partial charge in [-0.05, 0) is 30.7 Å². The van der Waals surface area contributed by atoms with Crippen LogP contribution >= 0.6 is 11.6 Å². The number of morpholine rings is 1. The Morgan fingerprint density at radius 1 is 1.21 bits per heavy atom. The van der Waals surface area contributed by atoms with Crippen molar-refractivity contribution in [3.63, 3.8) is 0 Å². The number of nitrogens with zero attached hydrogens (tertiary/aromatic N) is 1. The summed E-state index contributed by atoms with van der Waals surface area (Å²) in [6, 6.07) is 11.2. The first-order valence-electron chi connectivity index (χ1n) is 7.51. The summed E-state index contributed by atoms with van der Waals surface area (Å²) in [7, 11) is -3.75. The lowest BCUT2D eigenvalue weighted by atomic mass is 10.1. The van der Waals surface area contributed by atoms with E-state index in [4.69, 9.17) is 16.3 Å². The van der Waals surface area contributed by atoms with Crippen molar-refractivity contribution in [1.82, 2.24) is 4.31 Å². The lowest BCUT2D eigenvalue weighted by molar-refractivity contribution is -0.00256. The van der Waals surface area contributed by atoms with E-state index in [0.29, 0.717) is 6.61 Å². The fourth-order valence-corrected chi connectivity index (χ4v) is 4.31. The van der Waals surface area contributed by atoms with Gasteiger partial charge in [-0.15, -0.1) is 0 Å². The molecular formula is C17H17ClFNO3S. The van der Waals surface area contributed by atoms with E-state index >= 15 is 0 Å². The van der Waals surface area contributed by atoms with Crippen LogP contribution < -0.4 is 0 Å². The molecule has 2 aromatic rings. The number of ether oxygens (including phenoxy) is 1. The zero-order chi connectivity index (χ0) is 17.3. The van der Waals surface area contributed by atoms with E-state index in [0.717, 1.165) is 23.3 Å². The molecule has 1 unspecified atom stereocenters. The molecule has 0 bridgehead atoms. The molecule has 1 saturated heterocycles. The molecule has 1 heterocycles. The largest absolute Gasteiger partial charge is 0.371 e. The van der Waals surface area contributed by atoms with Gasteiger partial charge in [-0.1, -0.05) is 41.4 Å². The number of rotatable bonds is 3. The molecule has 1 aliphatic heterocycles. The quantitative estimate of drug-likeness (QED) is 0.831. The number of hydrogen-bond donors (Lipinski definition) is 0. The topological polar surface area (TPSA) is 46.6 Å². The van der Waals surface area contributed by atoms with E-state index < -0.39 is 15.8 Å². The van der Waals surface area contributed by atoms with E-state index in [1.807, 2.05) is 31.2 Å². The Hall–Kier alpha value is -1.47. The first-order chi connectivity index (χ1) is 11.4. The Bertz CT molecular complexity index is 839. The lowest BCUT2D eigenvalue weighted by Gasteiger charge is -2.32. The zero-order valence-electron chi connectivity index (χ0n) is 13.1. The Labute approximate surface area is 145 Å². The maximum atomic E-state index is 13.3. The lowest BCUT2D eigenvalue weighted by Crippen LogP contribution is -2.42. The van der Waals surface area contributed by atoms with Crippen LogP contribution in [0.2, 0.25) is 5.02 Å². The van der Waals surface area contributed by atoms with Crippen LogP contribution in [-0.2, 0) is 14.8 Å². The van der Waals surface area contributed by atoms with Crippen LogP contribution in [0.25, 0.3) is 0 Å². The van der Waals surface area contributed by atoms with Crippen molar-refractivity contribution in [2.45, 2.75) is 17.9 Å². The SMILES string of the molecule is Cc1ccc(C2CN(S(=O)(=O)c3ccc(F)c(Cl)c3)CCO2)cc1. The van der Waals surface area contributed by atoms with Gasteiger partial charge in [-0.2, -0.15) is 4.31 Å². The van der Waals surface area contributed by atoms with Crippen molar-refractivity contribution in [2.75, 3.05) is 19.7 Å². The molecule has 1 fully saturated rings. The van der Waals surface area contributed by atoms with Crippen molar-refractivity contribution < 1.29 is 17.5 Å². The van der Waals surface area contributed by atoms with Crippen LogP contribution in [0.3, 0.4) is 0 Å². The van der Waals surface area contributed by atoms with Crippen molar-refractivity contribution in [3.05, 3.63) is 64.4 Å². The highest BCUT2D eigenvalue weighted by Crippen LogP contribution is 2.28. The fraction of sp³-hybridized carbons (Fsp3) is 0.294. The monoisotopic (exact) mass is 369 g/mol. The molecule has 7 heteroatoms. The zero-order valence-corrected chi connectivity index (χ0v) is 14.6. The summed E-state index contributed by atoms with van der Waals surface area (Å²) in [5.41, 5.74) is 2.05. The Morgan fingerprint density at radius 3 is 2.58 bits per heavy atom. The van der Waals surface area contributed by atoms with Crippen LogP contribution in [0.5, 0.6) is 0 Å². The van der Waals surface area contributed by atoms with Crippen molar-refractivity contribution >= 4 is 21.6 Å². The summed E-state index contributed by atoms with van der Waals surface area (Å²) in [5, 5.41) is -0.209. The number of aryl methyl sites for hydroxylation is 1. The van der Waals surface area contributed by atoms with Gasteiger partial charge in [0.15, 0.2) is 0 Å². The van der Waals surface area contributed by atoms with Gasteiger partial charge in [0.25, 0.3) is 0 Å². The molecule has 0 aromatic heterocycles. The molecular weight excluding hydrogens is 353 g/mol. The summed E-state index contributed by atoms with van der Waals surface area (Å²) in [4.78, 5) is -0.0153. The third-order valence-electron chi connectivity index (χ3n) is 4.01. The summed E-state index contributed by atoms with van der Waals surface area (Å²) in [6.45, 7) is 2.74. The Kier molecular flexibility index (Phi) is 4.92. The highest BCUT2D eigenvalue weighted by Gasteiger charge is 2.31. The van der Waals surface area contributed by atoms with Gasteiger partial charge in [-0.25, -0.2) is 12.8 Å². The van der Waals surface area contributed by atoms with Gasteiger partial charge < -0.3 is 4.74 Å². The van der Waals surface area contributed by atoms with E-state index in [-0.39, 0.29) is 29.1 Å². The van der Waals surface area contributed by atoms with Crippen LogP contribution in [0, 0.1) is 12.7 Å². The number of halogens is 2. The predicted octanol–water partition coefficient (Wildman–Crippen LogP) is 3.55. The molecule has 0 saturated carbocycles. The third-order valence-corrected chi connectivity index (χ3v) is 6.16. The molecule has 1 atom stereocenters. The van der Waals surface area contributed by atoms with E-state index in [1.165, 1.54) is 10.4 Å². The highest BCUT2D eigenvalue weighted by atomic mass is 35.5. The maximum Gasteiger partial charge on any atom is 0.243 e. The number of hydrogen-bond acceptors (Lipinski definition) is 3. The average Bonchev–Trinajstić information content (AvgIpc) is 2.58. The van der Waals surface area contributed by atoms with E-state index in [2.05, 4.69) is 0 Å². The highest BCUT2D eigenvalue weighted by molar-refractivity contribution is 7.89. The predicted molar refractivity (Wildman–Crippen MR) is 90.0 cm³/mol. The second-order valence-electron chi connectivity index (χ2n) is 5.71. The second-order valence-corrected chi connectivity index (χ2v) is 8.05. The number of sulfonamides is 1. The van der Waals surface area contributed by atoms with Gasteiger partial charge in [0.2, 0.25) is 10.0 Å². The van der Waals surface area contributed by atoms with Crippen LogP contribution in [0.4, 0.5) is 4.39 Å². The maximum absolute atomic E-state index is 13.3. The van der Waals surface area contributed by atoms with Gasteiger partial charge >= 0.3 is 0 Å². The van der Waals surface area contributed by atoms with Gasteiger partial charge in [0.05, 0.1) is 22.6 Å². The summed E-state index contributed by atoms with van der Waals surface area (Å²) in [5.74, 6) is -0.643. The normalized spacial score (nSPS) is 19.4.